The summed E-state index contributed by atoms with van der Waals surface area (Å²) in [6.07, 6.45) is 0. The molecule has 1 saturated heterocycles. The van der Waals surface area contributed by atoms with Gasteiger partial charge >= 0.3 is 0 Å². The van der Waals surface area contributed by atoms with Gasteiger partial charge in [0.2, 0.25) is 0 Å². The van der Waals surface area contributed by atoms with Gasteiger partial charge in [0, 0.05) is 13.1 Å². The maximum atomic E-state index is 8.42. The Balaban J connectivity index is 1.86. The highest BCUT2D eigenvalue weighted by molar-refractivity contribution is 4.51. The van der Waals surface area contributed by atoms with Crippen molar-refractivity contribution in [2.45, 2.75) is 0 Å². The number of morpholine rings is 1. The molecule has 0 aromatic carbocycles. The first-order chi connectivity index (χ1) is 6.43. The molecule has 1 aliphatic heterocycles. The van der Waals surface area contributed by atoms with E-state index in [0.717, 1.165) is 26.3 Å². The second-order valence-electron chi connectivity index (χ2n) is 2.71. The van der Waals surface area contributed by atoms with Crippen LogP contribution in [0.3, 0.4) is 0 Å². The molecule has 0 saturated carbocycles. The number of ether oxygens (including phenoxy) is 2. The highest BCUT2D eigenvalue weighted by atomic mass is 16.7. The normalized spacial score (nSPS) is 19.2. The number of hydrogen-bond donors (Lipinski definition) is 1. The first kappa shape index (κ1) is 10.9. The minimum Gasteiger partial charge on any atom is -0.394 e. The standard InChI is InChI=1S/C8H17NO4/c10-3-6-12-7-8-13-9-1-4-11-5-2-9/h10H,1-8H2. The molecular weight excluding hydrogens is 174 g/mol. The van der Waals surface area contributed by atoms with E-state index in [1.54, 1.807) is 0 Å². The molecule has 0 spiro atoms. The van der Waals surface area contributed by atoms with E-state index in [1.807, 2.05) is 5.06 Å². The van der Waals surface area contributed by atoms with Crippen LogP contribution in [0, 0.1) is 0 Å². The molecule has 0 bridgehead atoms. The van der Waals surface area contributed by atoms with Crippen LogP contribution in [0.2, 0.25) is 0 Å². The highest BCUT2D eigenvalue weighted by Crippen LogP contribution is 1.96. The summed E-state index contributed by atoms with van der Waals surface area (Å²) in [6.45, 7) is 4.62. The van der Waals surface area contributed by atoms with Crippen molar-refractivity contribution in [3.8, 4) is 0 Å². The first-order valence-corrected chi connectivity index (χ1v) is 4.57. The second-order valence-corrected chi connectivity index (χ2v) is 2.71. The largest absolute Gasteiger partial charge is 0.394 e. The molecule has 0 unspecified atom stereocenters. The molecule has 0 aliphatic carbocycles. The summed E-state index contributed by atoms with van der Waals surface area (Å²) in [6, 6.07) is 0. The van der Waals surface area contributed by atoms with Crippen molar-refractivity contribution in [3.63, 3.8) is 0 Å². The SMILES string of the molecule is OCCOCCON1CCOCC1. The van der Waals surface area contributed by atoms with E-state index in [2.05, 4.69) is 0 Å². The Morgan fingerprint density at radius 1 is 1.15 bits per heavy atom. The van der Waals surface area contributed by atoms with Crippen LogP contribution >= 0.6 is 0 Å². The van der Waals surface area contributed by atoms with E-state index in [-0.39, 0.29) is 6.61 Å². The van der Waals surface area contributed by atoms with Gasteiger partial charge in [-0.15, -0.1) is 0 Å². The third-order valence-corrected chi connectivity index (χ3v) is 1.71. The predicted octanol–water partition coefficient (Wildman–Crippen LogP) is -0.741. The van der Waals surface area contributed by atoms with Crippen molar-refractivity contribution in [1.82, 2.24) is 5.06 Å². The smallest absolute Gasteiger partial charge is 0.0918 e. The van der Waals surface area contributed by atoms with E-state index in [1.165, 1.54) is 0 Å². The second kappa shape index (κ2) is 7.23. The van der Waals surface area contributed by atoms with Crippen molar-refractivity contribution >= 4 is 0 Å². The predicted molar refractivity (Wildman–Crippen MR) is 46.2 cm³/mol. The summed E-state index contributed by atoms with van der Waals surface area (Å²) in [5.74, 6) is 0. The van der Waals surface area contributed by atoms with Gasteiger partial charge in [-0.2, -0.15) is 5.06 Å². The summed E-state index contributed by atoms with van der Waals surface area (Å²) in [4.78, 5) is 5.38. The molecule has 0 aromatic rings. The zero-order valence-electron chi connectivity index (χ0n) is 7.78. The van der Waals surface area contributed by atoms with Crippen LogP contribution in [-0.2, 0) is 14.3 Å². The Morgan fingerprint density at radius 2 is 1.92 bits per heavy atom. The molecule has 1 fully saturated rings. The van der Waals surface area contributed by atoms with Crippen LogP contribution in [0.25, 0.3) is 0 Å². The molecule has 1 aliphatic rings. The van der Waals surface area contributed by atoms with Crippen LogP contribution in [0.4, 0.5) is 0 Å². The lowest BCUT2D eigenvalue weighted by molar-refractivity contribution is -0.201. The van der Waals surface area contributed by atoms with E-state index in [4.69, 9.17) is 19.4 Å². The van der Waals surface area contributed by atoms with Gasteiger partial charge in [-0.1, -0.05) is 0 Å². The fourth-order valence-electron chi connectivity index (χ4n) is 1.07. The average molecular weight is 191 g/mol. The molecule has 0 atom stereocenters. The summed E-state index contributed by atoms with van der Waals surface area (Å²) in [5, 5.41) is 10.3. The number of nitrogens with zero attached hydrogens (tertiary/aromatic N) is 1. The molecule has 78 valence electrons. The fraction of sp³-hybridized carbons (Fsp3) is 1.00. The van der Waals surface area contributed by atoms with E-state index in [9.17, 15) is 0 Å². The first-order valence-electron chi connectivity index (χ1n) is 4.57. The summed E-state index contributed by atoms with van der Waals surface area (Å²) in [7, 11) is 0. The molecule has 5 heteroatoms. The van der Waals surface area contributed by atoms with E-state index >= 15 is 0 Å². The maximum Gasteiger partial charge on any atom is 0.0918 e. The molecule has 13 heavy (non-hydrogen) atoms. The topological polar surface area (TPSA) is 51.2 Å². The van der Waals surface area contributed by atoms with Crippen LogP contribution < -0.4 is 0 Å². The van der Waals surface area contributed by atoms with Gasteiger partial charge in [0.25, 0.3) is 0 Å². The van der Waals surface area contributed by atoms with Crippen molar-refractivity contribution in [1.29, 1.82) is 0 Å². The zero-order valence-corrected chi connectivity index (χ0v) is 7.78. The summed E-state index contributed by atoms with van der Waals surface area (Å²) < 4.78 is 10.2. The molecule has 1 N–H and O–H groups in total. The van der Waals surface area contributed by atoms with Crippen molar-refractivity contribution in [2.75, 3.05) is 52.7 Å². The third-order valence-electron chi connectivity index (χ3n) is 1.71. The average Bonchev–Trinajstić information content (AvgIpc) is 2.19. The third kappa shape index (κ3) is 5.17. The molecule has 5 nitrogen and oxygen atoms in total. The number of aliphatic hydroxyl groups excluding tert-OH is 1. The van der Waals surface area contributed by atoms with Crippen LogP contribution in [0.5, 0.6) is 0 Å². The molecule has 0 amide bonds. The van der Waals surface area contributed by atoms with E-state index < -0.39 is 0 Å². The Labute approximate surface area is 78.1 Å². The number of hydrogen-bond acceptors (Lipinski definition) is 5. The van der Waals surface area contributed by atoms with Gasteiger partial charge in [-0.25, -0.2) is 0 Å². The fourth-order valence-corrected chi connectivity index (χ4v) is 1.07. The van der Waals surface area contributed by atoms with Crippen molar-refractivity contribution < 1.29 is 19.4 Å². The summed E-state index contributed by atoms with van der Waals surface area (Å²) >= 11 is 0. The molecule has 0 radical (unpaired) electrons. The highest BCUT2D eigenvalue weighted by Gasteiger charge is 2.09. The Kier molecular flexibility index (Phi) is 6.05. The quantitative estimate of drug-likeness (QED) is 0.560. The lowest BCUT2D eigenvalue weighted by Crippen LogP contribution is -2.37. The Bertz CT molecular complexity index is 117. The maximum absolute atomic E-state index is 8.42. The van der Waals surface area contributed by atoms with Crippen molar-refractivity contribution in [2.24, 2.45) is 0 Å². The zero-order chi connectivity index (χ0) is 9.36. The van der Waals surface area contributed by atoms with Crippen LogP contribution in [0.15, 0.2) is 0 Å². The van der Waals surface area contributed by atoms with Gasteiger partial charge in [0.15, 0.2) is 0 Å². The van der Waals surface area contributed by atoms with Gasteiger partial charge < -0.3 is 14.6 Å². The molecule has 1 rings (SSSR count). The Hall–Kier alpha value is -0.200. The molecular formula is C8H17NO4. The van der Waals surface area contributed by atoms with Crippen molar-refractivity contribution in [3.05, 3.63) is 0 Å². The van der Waals surface area contributed by atoms with E-state index in [0.29, 0.717) is 19.8 Å². The van der Waals surface area contributed by atoms with Crippen LogP contribution in [-0.4, -0.2) is 62.9 Å². The minimum atomic E-state index is 0.0670. The molecule has 1 heterocycles. The van der Waals surface area contributed by atoms with Gasteiger partial charge in [-0.3, -0.25) is 4.84 Å². The summed E-state index contributed by atoms with van der Waals surface area (Å²) in [5.41, 5.74) is 0. The number of hydroxylamine groups is 2. The number of aliphatic hydroxyl groups is 1. The van der Waals surface area contributed by atoms with Gasteiger partial charge in [0.05, 0.1) is 39.6 Å². The molecule has 0 aromatic heterocycles. The lowest BCUT2D eigenvalue weighted by Gasteiger charge is -2.25. The Morgan fingerprint density at radius 3 is 2.62 bits per heavy atom. The lowest BCUT2D eigenvalue weighted by atomic mass is 10.5. The number of rotatable bonds is 6. The van der Waals surface area contributed by atoms with Gasteiger partial charge in [0.1, 0.15) is 0 Å². The van der Waals surface area contributed by atoms with Gasteiger partial charge in [-0.05, 0) is 0 Å². The van der Waals surface area contributed by atoms with Crippen LogP contribution in [0.1, 0.15) is 0 Å². The monoisotopic (exact) mass is 191 g/mol. The minimum absolute atomic E-state index is 0.0670.